The molecule has 0 spiro atoms. The molecule has 25 heavy (non-hydrogen) atoms. The second-order valence-electron chi connectivity index (χ2n) is 4.77. The van der Waals surface area contributed by atoms with Gasteiger partial charge in [0.15, 0.2) is 6.10 Å². The maximum atomic E-state index is 12.4. The summed E-state index contributed by atoms with van der Waals surface area (Å²) in [7, 11) is 1.19. The van der Waals surface area contributed by atoms with Crippen LogP contribution in [-0.4, -0.2) is 46.9 Å². The number of ether oxygens (including phenoxy) is 1. The normalized spacial score (nSPS) is 12.6. The number of nitrogens with zero attached hydrogens (tertiary/aromatic N) is 2. The van der Waals surface area contributed by atoms with Gasteiger partial charge < -0.3 is 19.7 Å². The Balaban J connectivity index is 2.05. The van der Waals surface area contributed by atoms with Crippen LogP contribution in [0.5, 0.6) is 0 Å². The number of aliphatic carboxylic acids is 1. The van der Waals surface area contributed by atoms with Crippen LogP contribution in [0.4, 0.5) is 13.2 Å². The van der Waals surface area contributed by atoms with Crippen molar-refractivity contribution in [3.05, 3.63) is 35.7 Å². The van der Waals surface area contributed by atoms with Crippen LogP contribution in [-0.2, 0) is 15.7 Å². The highest BCUT2D eigenvalue weighted by Gasteiger charge is 2.38. The molecule has 0 fully saturated rings. The molecule has 1 amide bonds. The van der Waals surface area contributed by atoms with E-state index in [2.05, 4.69) is 24.7 Å². The molecular formula is C14H12F3N3O5. The molecule has 1 aromatic carbocycles. The van der Waals surface area contributed by atoms with Gasteiger partial charge in [0.1, 0.15) is 0 Å². The van der Waals surface area contributed by atoms with Crippen molar-refractivity contribution in [2.75, 3.05) is 13.7 Å². The summed E-state index contributed by atoms with van der Waals surface area (Å²) in [5, 5.41) is 14.4. The number of methoxy groups -OCH3 is 1. The van der Waals surface area contributed by atoms with Crippen LogP contribution in [0.2, 0.25) is 0 Å². The number of carboxylic acids is 1. The van der Waals surface area contributed by atoms with Crippen molar-refractivity contribution in [1.82, 2.24) is 15.5 Å². The number of hydrogen-bond acceptors (Lipinski definition) is 6. The molecule has 1 atom stereocenters. The molecule has 2 N–H and O–H groups in total. The third kappa shape index (κ3) is 4.53. The molecule has 0 bridgehead atoms. The number of hydrogen-bond donors (Lipinski definition) is 2. The molecule has 0 aliphatic heterocycles. The van der Waals surface area contributed by atoms with Crippen LogP contribution < -0.4 is 5.32 Å². The van der Waals surface area contributed by atoms with E-state index in [0.717, 1.165) is 0 Å². The van der Waals surface area contributed by atoms with E-state index < -0.39 is 30.0 Å². The van der Waals surface area contributed by atoms with Gasteiger partial charge in [0.05, 0.1) is 6.54 Å². The summed E-state index contributed by atoms with van der Waals surface area (Å²) in [6.45, 7) is -0.244. The van der Waals surface area contributed by atoms with Crippen molar-refractivity contribution in [2.45, 2.75) is 12.3 Å². The van der Waals surface area contributed by atoms with E-state index >= 15 is 0 Å². The zero-order valence-electron chi connectivity index (χ0n) is 12.7. The molecule has 0 saturated carbocycles. The lowest BCUT2D eigenvalue weighted by atomic mass is 10.1. The summed E-state index contributed by atoms with van der Waals surface area (Å²) >= 11 is 0. The first kappa shape index (κ1) is 18.4. The van der Waals surface area contributed by atoms with E-state index in [1.807, 2.05) is 0 Å². The summed E-state index contributed by atoms with van der Waals surface area (Å²) in [4.78, 5) is 25.9. The van der Waals surface area contributed by atoms with E-state index in [1.165, 1.54) is 31.4 Å². The summed E-state index contributed by atoms with van der Waals surface area (Å²) in [5.41, 5.74) is 0.389. The van der Waals surface area contributed by atoms with Crippen molar-refractivity contribution in [3.63, 3.8) is 0 Å². The third-order valence-corrected chi connectivity index (χ3v) is 3.08. The van der Waals surface area contributed by atoms with Crippen LogP contribution in [0.25, 0.3) is 11.4 Å². The largest absolute Gasteiger partial charge is 0.479 e. The lowest BCUT2D eigenvalue weighted by Crippen LogP contribution is -2.37. The number of halogens is 3. The van der Waals surface area contributed by atoms with Gasteiger partial charge in [0, 0.05) is 18.2 Å². The zero-order valence-corrected chi connectivity index (χ0v) is 12.7. The van der Waals surface area contributed by atoms with E-state index in [4.69, 9.17) is 5.11 Å². The highest BCUT2D eigenvalue weighted by molar-refractivity contribution is 5.94. The van der Waals surface area contributed by atoms with Gasteiger partial charge in [-0.2, -0.15) is 18.2 Å². The lowest BCUT2D eigenvalue weighted by molar-refractivity contribution is -0.159. The van der Waals surface area contributed by atoms with Crippen LogP contribution in [0.1, 0.15) is 16.2 Å². The topological polar surface area (TPSA) is 115 Å². The lowest BCUT2D eigenvalue weighted by Gasteiger charge is -2.11. The fraction of sp³-hybridized carbons (Fsp3) is 0.286. The Labute approximate surface area is 138 Å². The van der Waals surface area contributed by atoms with Gasteiger partial charge in [-0.3, -0.25) is 4.79 Å². The molecule has 0 aliphatic carbocycles. The van der Waals surface area contributed by atoms with E-state index in [9.17, 15) is 22.8 Å². The predicted octanol–water partition coefficient (Wildman–Crippen LogP) is 1.58. The maximum absolute atomic E-state index is 12.4. The minimum atomic E-state index is -4.74. The van der Waals surface area contributed by atoms with Gasteiger partial charge in [0.2, 0.25) is 5.82 Å². The second-order valence-corrected chi connectivity index (χ2v) is 4.77. The Kier molecular flexibility index (Phi) is 5.37. The molecule has 1 aromatic heterocycles. The summed E-state index contributed by atoms with van der Waals surface area (Å²) < 4.78 is 46.1. The number of carbonyl (C=O) groups excluding carboxylic acids is 1. The van der Waals surface area contributed by atoms with Gasteiger partial charge >= 0.3 is 18.0 Å². The highest BCUT2D eigenvalue weighted by Crippen LogP contribution is 2.29. The van der Waals surface area contributed by atoms with Crippen LogP contribution >= 0.6 is 0 Å². The predicted molar refractivity (Wildman–Crippen MR) is 75.5 cm³/mol. The average Bonchev–Trinajstić information content (AvgIpc) is 3.05. The monoisotopic (exact) mass is 359 g/mol. The minimum Gasteiger partial charge on any atom is -0.479 e. The van der Waals surface area contributed by atoms with E-state index in [-0.39, 0.29) is 23.5 Å². The van der Waals surface area contributed by atoms with Gasteiger partial charge in [-0.25, -0.2) is 4.79 Å². The molecule has 8 nitrogen and oxygen atoms in total. The Hall–Kier alpha value is -2.95. The maximum Gasteiger partial charge on any atom is 0.471 e. The Morgan fingerprint density at radius 1 is 1.32 bits per heavy atom. The number of carboxylic acid groups (broad SMARTS) is 1. The Morgan fingerprint density at radius 3 is 2.44 bits per heavy atom. The van der Waals surface area contributed by atoms with Gasteiger partial charge in [-0.1, -0.05) is 17.3 Å². The molecule has 1 heterocycles. The summed E-state index contributed by atoms with van der Waals surface area (Å²) in [5.74, 6) is -3.54. The molecule has 0 saturated heterocycles. The first-order chi connectivity index (χ1) is 11.7. The number of carbonyl (C=O) groups is 2. The molecule has 1 unspecified atom stereocenters. The summed E-state index contributed by atoms with van der Waals surface area (Å²) in [6, 6.07) is 5.34. The quantitative estimate of drug-likeness (QED) is 0.805. The van der Waals surface area contributed by atoms with Gasteiger partial charge in [-0.15, -0.1) is 0 Å². The van der Waals surface area contributed by atoms with Crippen molar-refractivity contribution in [1.29, 1.82) is 0 Å². The number of aromatic nitrogens is 2. The zero-order chi connectivity index (χ0) is 18.6. The number of amides is 1. The summed E-state index contributed by atoms with van der Waals surface area (Å²) in [6.07, 6.45) is -5.93. The van der Waals surface area contributed by atoms with E-state index in [1.54, 1.807) is 0 Å². The van der Waals surface area contributed by atoms with Crippen LogP contribution in [0.15, 0.2) is 28.8 Å². The van der Waals surface area contributed by atoms with E-state index in [0.29, 0.717) is 0 Å². The first-order valence-corrected chi connectivity index (χ1v) is 6.77. The fourth-order valence-electron chi connectivity index (χ4n) is 1.79. The van der Waals surface area contributed by atoms with Crippen LogP contribution in [0.3, 0.4) is 0 Å². The van der Waals surface area contributed by atoms with Crippen molar-refractivity contribution in [2.24, 2.45) is 0 Å². The molecule has 0 aliphatic rings. The molecule has 134 valence electrons. The smallest absolute Gasteiger partial charge is 0.471 e. The molecular weight excluding hydrogens is 347 g/mol. The minimum absolute atomic E-state index is 0.170. The van der Waals surface area contributed by atoms with Crippen molar-refractivity contribution in [3.8, 4) is 11.4 Å². The average molecular weight is 359 g/mol. The third-order valence-electron chi connectivity index (χ3n) is 3.08. The number of benzene rings is 1. The standard InChI is InChI=1S/C14H12F3N3O5/c1-24-9(12(22)23)6-18-11(21)8-4-2-7(3-5-8)10-19-13(25-20-10)14(15,16)17/h2-5,9H,6H2,1H3,(H,18,21)(H,22,23). The van der Waals surface area contributed by atoms with Gasteiger partial charge in [0.25, 0.3) is 5.91 Å². The SMILES string of the molecule is COC(CNC(=O)c1ccc(-c2noc(C(F)(F)F)n2)cc1)C(=O)O. The Morgan fingerprint density at radius 2 is 1.96 bits per heavy atom. The van der Waals surface area contributed by atoms with Crippen molar-refractivity contribution >= 4 is 11.9 Å². The number of rotatable bonds is 6. The number of nitrogens with one attached hydrogen (secondary N) is 1. The Bertz CT molecular complexity index is 758. The number of alkyl halides is 3. The fourth-order valence-corrected chi connectivity index (χ4v) is 1.79. The first-order valence-electron chi connectivity index (χ1n) is 6.77. The van der Waals surface area contributed by atoms with Crippen LogP contribution in [0, 0.1) is 0 Å². The molecule has 11 heteroatoms. The molecule has 2 rings (SSSR count). The van der Waals surface area contributed by atoms with Gasteiger partial charge in [-0.05, 0) is 12.1 Å². The second kappa shape index (κ2) is 7.30. The molecule has 0 radical (unpaired) electrons. The van der Waals surface area contributed by atoms with Crippen molar-refractivity contribution < 1.29 is 37.1 Å². The highest BCUT2D eigenvalue weighted by atomic mass is 19.4. The molecule has 2 aromatic rings.